The van der Waals surface area contributed by atoms with Crippen molar-refractivity contribution in [2.75, 3.05) is 7.05 Å². The average molecular weight is 287 g/mol. The van der Waals surface area contributed by atoms with E-state index < -0.39 is 0 Å². The predicted octanol–water partition coefficient (Wildman–Crippen LogP) is 3.29. The third-order valence-corrected chi connectivity index (χ3v) is 3.74. The maximum absolute atomic E-state index is 5.21. The van der Waals surface area contributed by atoms with E-state index in [1.807, 2.05) is 7.05 Å². The molecule has 0 atom stereocenters. The van der Waals surface area contributed by atoms with E-state index in [2.05, 4.69) is 62.2 Å². The Morgan fingerprint density at radius 1 is 1.14 bits per heavy atom. The zero-order valence-corrected chi connectivity index (χ0v) is 13.9. The first-order valence-electron chi connectivity index (χ1n) is 7.38. The smallest absolute Gasteiger partial charge is 0.240 e. The second-order valence-electron chi connectivity index (χ2n) is 6.65. The van der Waals surface area contributed by atoms with E-state index in [0.717, 1.165) is 12.2 Å². The summed E-state index contributed by atoms with van der Waals surface area (Å²) < 4.78 is 5.21. The van der Waals surface area contributed by atoms with E-state index in [0.29, 0.717) is 12.4 Å². The lowest BCUT2D eigenvalue weighted by Crippen LogP contribution is -2.12. The minimum absolute atomic E-state index is 0.167. The van der Waals surface area contributed by atoms with Gasteiger partial charge in [-0.3, -0.25) is 0 Å². The van der Waals surface area contributed by atoms with Crippen molar-refractivity contribution in [1.82, 2.24) is 15.5 Å². The lowest BCUT2D eigenvalue weighted by atomic mass is 9.83. The molecule has 4 heteroatoms. The fourth-order valence-electron chi connectivity index (χ4n) is 2.45. The first kappa shape index (κ1) is 15.7. The van der Waals surface area contributed by atoms with Crippen LogP contribution in [0.3, 0.4) is 0 Å². The molecule has 0 saturated heterocycles. The summed E-state index contributed by atoms with van der Waals surface area (Å²) >= 11 is 0. The molecule has 21 heavy (non-hydrogen) atoms. The predicted molar refractivity (Wildman–Crippen MR) is 84.5 cm³/mol. The summed E-state index contributed by atoms with van der Waals surface area (Å²) in [7, 11) is 1.86. The second-order valence-corrected chi connectivity index (χ2v) is 6.65. The van der Waals surface area contributed by atoms with Gasteiger partial charge >= 0.3 is 0 Å². The molecule has 1 aromatic heterocycles. The number of aryl methyl sites for hydroxylation is 2. The number of aromatic nitrogens is 2. The summed E-state index contributed by atoms with van der Waals surface area (Å²) in [5.41, 5.74) is 5.41. The van der Waals surface area contributed by atoms with Gasteiger partial charge in [0.1, 0.15) is 0 Å². The molecule has 0 bridgehead atoms. The van der Waals surface area contributed by atoms with Gasteiger partial charge in [-0.1, -0.05) is 38.1 Å². The lowest BCUT2D eigenvalue weighted by Gasteiger charge is -2.22. The SMILES string of the molecule is CNCc1nc(Cc2c(C)cc(C(C)(C)C)cc2C)no1. The Bertz CT molecular complexity index is 600. The summed E-state index contributed by atoms with van der Waals surface area (Å²) in [6.07, 6.45) is 0.718. The fraction of sp³-hybridized carbons (Fsp3) is 0.529. The molecule has 0 aliphatic rings. The molecule has 114 valence electrons. The molecule has 2 aromatic rings. The van der Waals surface area contributed by atoms with E-state index in [9.17, 15) is 0 Å². The molecule has 4 nitrogen and oxygen atoms in total. The van der Waals surface area contributed by atoms with Crippen molar-refractivity contribution in [1.29, 1.82) is 0 Å². The van der Waals surface area contributed by atoms with Gasteiger partial charge in [-0.15, -0.1) is 0 Å². The number of hydrogen-bond donors (Lipinski definition) is 1. The molecule has 0 saturated carbocycles. The quantitative estimate of drug-likeness (QED) is 0.937. The molecule has 0 amide bonds. The highest BCUT2D eigenvalue weighted by atomic mass is 16.5. The molecule has 2 rings (SSSR count). The average Bonchev–Trinajstić information content (AvgIpc) is 2.80. The lowest BCUT2D eigenvalue weighted by molar-refractivity contribution is 0.367. The van der Waals surface area contributed by atoms with Crippen LogP contribution in [-0.2, 0) is 18.4 Å². The van der Waals surface area contributed by atoms with Crippen LogP contribution in [0.25, 0.3) is 0 Å². The molecule has 1 N–H and O–H groups in total. The molecule has 0 fully saturated rings. The maximum Gasteiger partial charge on any atom is 0.240 e. The summed E-state index contributed by atoms with van der Waals surface area (Å²) in [6, 6.07) is 4.55. The molecule has 0 aliphatic carbocycles. The summed E-state index contributed by atoms with van der Waals surface area (Å²) in [5.74, 6) is 1.38. The maximum atomic E-state index is 5.21. The molecular formula is C17H25N3O. The van der Waals surface area contributed by atoms with Gasteiger partial charge in [-0.25, -0.2) is 0 Å². The van der Waals surface area contributed by atoms with Crippen LogP contribution in [-0.4, -0.2) is 17.2 Å². The van der Waals surface area contributed by atoms with Gasteiger partial charge in [0.25, 0.3) is 0 Å². The summed E-state index contributed by atoms with van der Waals surface area (Å²) in [6.45, 7) is 11.6. The Morgan fingerprint density at radius 3 is 2.29 bits per heavy atom. The normalized spacial score (nSPS) is 11.9. The zero-order valence-electron chi connectivity index (χ0n) is 13.9. The van der Waals surface area contributed by atoms with E-state index in [1.54, 1.807) is 0 Å². The number of rotatable bonds is 4. The van der Waals surface area contributed by atoms with Gasteiger partial charge in [-0.05, 0) is 48.6 Å². The van der Waals surface area contributed by atoms with Gasteiger partial charge in [-0.2, -0.15) is 4.98 Å². The minimum Gasteiger partial charge on any atom is -0.338 e. The Labute approximate surface area is 127 Å². The highest BCUT2D eigenvalue weighted by Crippen LogP contribution is 2.27. The van der Waals surface area contributed by atoms with Crippen LogP contribution in [0.1, 0.15) is 54.7 Å². The van der Waals surface area contributed by atoms with Crippen molar-refractivity contribution >= 4 is 0 Å². The van der Waals surface area contributed by atoms with Crippen molar-refractivity contribution < 1.29 is 4.52 Å². The van der Waals surface area contributed by atoms with Crippen molar-refractivity contribution in [3.63, 3.8) is 0 Å². The molecule has 1 heterocycles. The molecular weight excluding hydrogens is 262 g/mol. The topological polar surface area (TPSA) is 51.0 Å². The van der Waals surface area contributed by atoms with Gasteiger partial charge in [0, 0.05) is 6.42 Å². The van der Waals surface area contributed by atoms with Crippen LogP contribution < -0.4 is 5.32 Å². The molecule has 0 unspecified atom stereocenters. The van der Waals surface area contributed by atoms with Crippen LogP contribution in [0.4, 0.5) is 0 Å². The number of nitrogens with one attached hydrogen (secondary N) is 1. The highest BCUT2D eigenvalue weighted by molar-refractivity contribution is 5.41. The van der Waals surface area contributed by atoms with Crippen molar-refractivity contribution in [3.8, 4) is 0 Å². The standard InChI is InChI=1S/C17H25N3O/c1-11-7-13(17(3,4)5)8-12(2)14(11)9-15-19-16(10-18-6)21-20-15/h7-8,18H,9-10H2,1-6H3. The largest absolute Gasteiger partial charge is 0.338 e. The Kier molecular flexibility index (Phi) is 4.47. The first-order valence-corrected chi connectivity index (χ1v) is 7.38. The van der Waals surface area contributed by atoms with Crippen LogP contribution in [0, 0.1) is 13.8 Å². The molecule has 0 aliphatic heterocycles. The van der Waals surface area contributed by atoms with E-state index in [4.69, 9.17) is 4.52 Å². The number of benzene rings is 1. The van der Waals surface area contributed by atoms with Crippen LogP contribution in [0.2, 0.25) is 0 Å². The first-order chi connectivity index (χ1) is 9.81. The van der Waals surface area contributed by atoms with Gasteiger partial charge in [0.2, 0.25) is 5.89 Å². The summed E-state index contributed by atoms with van der Waals surface area (Å²) in [5, 5.41) is 7.07. The van der Waals surface area contributed by atoms with Crippen molar-refractivity contribution in [2.45, 2.75) is 53.0 Å². The monoisotopic (exact) mass is 287 g/mol. The van der Waals surface area contributed by atoms with Crippen LogP contribution >= 0.6 is 0 Å². The fourth-order valence-corrected chi connectivity index (χ4v) is 2.45. The number of hydrogen-bond acceptors (Lipinski definition) is 4. The van der Waals surface area contributed by atoms with Crippen molar-refractivity contribution in [3.05, 3.63) is 46.1 Å². The highest BCUT2D eigenvalue weighted by Gasteiger charge is 2.17. The Morgan fingerprint density at radius 2 is 1.76 bits per heavy atom. The third-order valence-electron chi connectivity index (χ3n) is 3.74. The molecule has 0 radical (unpaired) electrons. The van der Waals surface area contributed by atoms with Crippen LogP contribution in [0.15, 0.2) is 16.7 Å². The molecule has 1 aromatic carbocycles. The van der Waals surface area contributed by atoms with E-state index in [-0.39, 0.29) is 5.41 Å². The minimum atomic E-state index is 0.167. The van der Waals surface area contributed by atoms with Gasteiger partial charge < -0.3 is 9.84 Å². The zero-order chi connectivity index (χ0) is 15.6. The van der Waals surface area contributed by atoms with Crippen molar-refractivity contribution in [2.24, 2.45) is 0 Å². The Balaban J connectivity index is 2.27. The Hall–Kier alpha value is -1.68. The molecule has 0 spiro atoms. The third kappa shape index (κ3) is 3.70. The summed E-state index contributed by atoms with van der Waals surface area (Å²) in [4.78, 5) is 4.41. The van der Waals surface area contributed by atoms with Gasteiger partial charge in [0.15, 0.2) is 5.82 Å². The van der Waals surface area contributed by atoms with E-state index in [1.165, 1.54) is 22.3 Å². The van der Waals surface area contributed by atoms with E-state index >= 15 is 0 Å². The second kappa shape index (κ2) is 5.98. The number of nitrogens with zero attached hydrogens (tertiary/aromatic N) is 2. The van der Waals surface area contributed by atoms with Crippen LogP contribution in [0.5, 0.6) is 0 Å². The van der Waals surface area contributed by atoms with Gasteiger partial charge in [0.05, 0.1) is 6.54 Å².